The average Bonchev–Trinajstić information content (AvgIpc) is 3.26. The third kappa shape index (κ3) is 5.14. The van der Waals surface area contributed by atoms with Gasteiger partial charge in [0.1, 0.15) is 23.1 Å². The van der Waals surface area contributed by atoms with Gasteiger partial charge in [-0.15, -0.1) is 0 Å². The molecule has 7 nitrogen and oxygen atoms in total. The molecule has 0 aliphatic rings. The highest BCUT2D eigenvalue weighted by molar-refractivity contribution is 6.10. The highest BCUT2D eigenvalue weighted by atomic mass is 16.5. The van der Waals surface area contributed by atoms with Crippen molar-refractivity contribution < 1.29 is 9.53 Å². The molecule has 2 aromatic heterocycles. The number of anilines is 1. The Morgan fingerprint density at radius 3 is 2.64 bits per heavy atom. The lowest BCUT2D eigenvalue weighted by atomic mass is 10.1. The second-order valence-electron chi connectivity index (χ2n) is 7.18. The molecule has 0 saturated heterocycles. The summed E-state index contributed by atoms with van der Waals surface area (Å²) in [5.41, 5.74) is 3.59. The van der Waals surface area contributed by atoms with Crippen molar-refractivity contribution in [1.82, 2.24) is 14.8 Å². The Labute approximate surface area is 191 Å². The number of rotatable bonds is 7. The van der Waals surface area contributed by atoms with Gasteiger partial charge in [0.25, 0.3) is 5.91 Å². The van der Waals surface area contributed by atoms with E-state index in [1.165, 1.54) is 7.11 Å². The Hall–Kier alpha value is -4.70. The van der Waals surface area contributed by atoms with Crippen molar-refractivity contribution in [2.45, 2.75) is 6.54 Å². The van der Waals surface area contributed by atoms with Gasteiger partial charge in [0.05, 0.1) is 19.3 Å². The molecule has 0 radical (unpaired) electrons. The number of hydrogen-bond donors (Lipinski definition) is 1. The van der Waals surface area contributed by atoms with E-state index in [1.54, 1.807) is 47.4 Å². The number of carbonyl (C=O) groups excluding carboxylic acids is 1. The first-order valence-electron chi connectivity index (χ1n) is 10.3. The number of nitriles is 1. The van der Waals surface area contributed by atoms with Crippen molar-refractivity contribution in [3.05, 3.63) is 102 Å². The maximum atomic E-state index is 12.9. The standard InChI is InChI=1S/C26H21N5O2/c1-33-24-12-6-5-11-23(24)29-26(32)21(15-27)14-22-18-31(17-19-8-3-2-4-9-19)30-25(22)20-10-7-13-28-16-20/h2-14,16,18H,17H2,1H3,(H,29,32)/b21-14+. The van der Waals surface area contributed by atoms with Gasteiger partial charge < -0.3 is 10.1 Å². The maximum absolute atomic E-state index is 12.9. The molecule has 2 heterocycles. The van der Waals surface area contributed by atoms with Gasteiger partial charge in [-0.3, -0.25) is 14.5 Å². The van der Waals surface area contributed by atoms with E-state index in [2.05, 4.69) is 10.3 Å². The van der Waals surface area contributed by atoms with Crippen LogP contribution in [0.4, 0.5) is 5.69 Å². The quantitative estimate of drug-likeness (QED) is 0.340. The Kier molecular flexibility index (Phi) is 6.57. The van der Waals surface area contributed by atoms with E-state index in [0.29, 0.717) is 29.2 Å². The number of pyridine rings is 1. The summed E-state index contributed by atoms with van der Waals surface area (Å²) in [5.74, 6) is -0.0233. The zero-order valence-corrected chi connectivity index (χ0v) is 18.0. The summed E-state index contributed by atoms with van der Waals surface area (Å²) >= 11 is 0. The van der Waals surface area contributed by atoms with Crippen LogP contribution in [0.2, 0.25) is 0 Å². The summed E-state index contributed by atoms with van der Waals surface area (Å²) in [5, 5.41) is 17.2. The number of benzene rings is 2. The smallest absolute Gasteiger partial charge is 0.266 e. The first-order chi connectivity index (χ1) is 16.2. The van der Waals surface area contributed by atoms with Crippen LogP contribution in [0.25, 0.3) is 17.3 Å². The Balaban J connectivity index is 1.69. The molecule has 162 valence electrons. The maximum Gasteiger partial charge on any atom is 0.266 e. The van der Waals surface area contributed by atoms with Gasteiger partial charge in [-0.05, 0) is 35.9 Å². The van der Waals surface area contributed by atoms with E-state index >= 15 is 0 Å². The van der Waals surface area contributed by atoms with Crippen molar-refractivity contribution in [2.24, 2.45) is 0 Å². The normalized spacial score (nSPS) is 11.0. The predicted octanol–water partition coefficient (Wildman–Crippen LogP) is 4.55. The van der Waals surface area contributed by atoms with Crippen LogP contribution in [0.1, 0.15) is 11.1 Å². The second kappa shape index (κ2) is 10.1. The van der Waals surface area contributed by atoms with E-state index in [1.807, 2.05) is 54.7 Å². The van der Waals surface area contributed by atoms with E-state index < -0.39 is 5.91 Å². The zero-order valence-electron chi connectivity index (χ0n) is 18.0. The lowest BCUT2D eigenvalue weighted by molar-refractivity contribution is -0.112. The summed E-state index contributed by atoms with van der Waals surface area (Å²) in [6.07, 6.45) is 6.75. The van der Waals surface area contributed by atoms with E-state index in [4.69, 9.17) is 9.84 Å². The molecule has 1 amide bonds. The van der Waals surface area contributed by atoms with Crippen molar-refractivity contribution in [3.8, 4) is 23.1 Å². The molecule has 0 unspecified atom stereocenters. The molecule has 4 rings (SSSR count). The van der Waals surface area contributed by atoms with Crippen LogP contribution in [0.5, 0.6) is 5.75 Å². The van der Waals surface area contributed by atoms with Crippen LogP contribution >= 0.6 is 0 Å². The van der Waals surface area contributed by atoms with Gasteiger partial charge in [0.15, 0.2) is 0 Å². The molecule has 1 N–H and O–H groups in total. The average molecular weight is 435 g/mol. The molecule has 0 aliphatic heterocycles. The highest BCUT2D eigenvalue weighted by Crippen LogP contribution is 2.26. The van der Waals surface area contributed by atoms with Crippen molar-refractivity contribution >= 4 is 17.7 Å². The number of methoxy groups -OCH3 is 1. The summed E-state index contributed by atoms with van der Waals surface area (Å²) in [6, 6.07) is 22.7. The number of hydrogen-bond acceptors (Lipinski definition) is 5. The minimum absolute atomic E-state index is 0.0506. The van der Waals surface area contributed by atoms with Gasteiger partial charge in [0, 0.05) is 29.7 Å². The minimum atomic E-state index is -0.532. The molecule has 7 heteroatoms. The Morgan fingerprint density at radius 1 is 1.12 bits per heavy atom. The lowest BCUT2D eigenvalue weighted by Gasteiger charge is -2.09. The predicted molar refractivity (Wildman–Crippen MR) is 126 cm³/mol. The van der Waals surface area contributed by atoms with E-state index in [9.17, 15) is 10.1 Å². The summed E-state index contributed by atoms with van der Waals surface area (Å²) in [6.45, 7) is 0.553. The SMILES string of the molecule is COc1ccccc1NC(=O)/C(C#N)=C/c1cn(Cc2ccccc2)nc1-c1cccnc1. The Morgan fingerprint density at radius 2 is 1.91 bits per heavy atom. The summed E-state index contributed by atoms with van der Waals surface area (Å²) < 4.78 is 7.07. The molecule has 0 aliphatic carbocycles. The number of nitrogens with one attached hydrogen (secondary N) is 1. The van der Waals surface area contributed by atoms with Crippen molar-refractivity contribution in [3.63, 3.8) is 0 Å². The van der Waals surface area contributed by atoms with E-state index in [0.717, 1.165) is 11.1 Å². The van der Waals surface area contributed by atoms with Crippen LogP contribution in [-0.2, 0) is 11.3 Å². The van der Waals surface area contributed by atoms with Crippen LogP contribution in [-0.4, -0.2) is 27.8 Å². The number of nitrogens with zero attached hydrogens (tertiary/aromatic N) is 4. The largest absolute Gasteiger partial charge is 0.495 e. The van der Waals surface area contributed by atoms with Gasteiger partial charge in [-0.25, -0.2) is 0 Å². The van der Waals surface area contributed by atoms with Crippen LogP contribution in [0.3, 0.4) is 0 Å². The Bertz CT molecular complexity index is 1320. The zero-order chi connectivity index (χ0) is 23.0. The topological polar surface area (TPSA) is 92.8 Å². The fourth-order valence-corrected chi connectivity index (χ4v) is 3.36. The summed E-state index contributed by atoms with van der Waals surface area (Å²) in [7, 11) is 1.52. The lowest BCUT2D eigenvalue weighted by Crippen LogP contribution is -2.14. The molecule has 0 fully saturated rings. The van der Waals surface area contributed by atoms with Gasteiger partial charge in [-0.1, -0.05) is 42.5 Å². The number of aromatic nitrogens is 3. The molecule has 0 saturated carbocycles. The second-order valence-corrected chi connectivity index (χ2v) is 7.18. The first kappa shape index (κ1) is 21.5. The number of ether oxygens (including phenoxy) is 1. The fourth-order valence-electron chi connectivity index (χ4n) is 3.36. The van der Waals surface area contributed by atoms with Gasteiger partial charge >= 0.3 is 0 Å². The fraction of sp³-hybridized carbons (Fsp3) is 0.0769. The van der Waals surface area contributed by atoms with Gasteiger partial charge in [-0.2, -0.15) is 10.4 Å². The number of amides is 1. The molecule has 0 bridgehead atoms. The van der Waals surface area contributed by atoms with Crippen LogP contribution in [0, 0.1) is 11.3 Å². The third-order valence-corrected chi connectivity index (χ3v) is 4.93. The number of para-hydroxylation sites is 2. The molecule has 0 spiro atoms. The van der Waals surface area contributed by atoms with Crippen molar-refractivity contribution in [2.75, 3.05) is 12.4 Å². The molecule has 2 aromatic carbocycles. The third-order valence-electron chi connectivity index (χ3n) is 4.93. The monoisotopic (exact) mass is 435 g/mol. The highest BCUT2D eigenvalue weighted by Gasteiger charge is 2.16. The van der Waals surface area contributed by atoms with E-state index in [-0.39, 0.29) is 5.57 Å². The summed E-state index contributed by atoms with van der Waals surface area (Å²) in [4.78, 5) is 17.0. The van der Waals surface area contributed by atoms with Crippen molar-refractivity contribution in [1.29, 1.82) is 5.26 Å². The van der Waals surface area contributed by atoms with Crippen LogP contribution in [0.15, 0.2) is 90.9 Å². The van der Waals surface area contributed by atoms with Gasteiger partial charge in [0.2, 0.25) is 0 Å². The minimum Gasteiger partial charge on any atom is -0.495 e. The molecule has 4 aromatic rings. The molecular weight excluding hydrogens is 414 g/mol. The molecule has 0 atom stereocenters. The molecule has 33 heavy (non-hydrogen) atoms. The first-order valence-corrected chi connectivity index (χ1v) is 10.3. The number of carbonyl (C=O) groups is 1. The molecular formula is C26H21N5O2. The van der Waals surface area contributed by atoms with Crippen LogP contribution < -0.4 is 10.1 Å².